The first-order valence-electron chi connectivity index (χ1n) is 3.22. The van der Waals surface area contributed by atoms with Gasteiger partial charge in [-0.2, -0.15) is 6.08 Å². The summed E-state index contributed by atoms with van der Waals surface area (Å²) >= 11 is 0. The van der Waals surface area contributed by atoms with Crippen LogP contribution in [0.1, 0.15) is 25.7 Å². The number of hydrogen-bond acceptors (Lipinski definition) is 0. The van der Waals surface area contributed by atoms with E-state index in [0.29, 0.717) is 0 Å². The van der Waals surface area contributed by atoms with Gasteiger partial charge in [0.15, 0.2) is 0 Å². The van der Waals surface area contributed by atoms with Gasteiger partial charge in [0.1, 0.15) is 0 Å². The number of hydrogen-bond donors (Lipinski definition) is 0. The Labute approximate surface area is 67.2 Å². The van der Waals surface area contributed by atoms with Crippen molar-refractivity contribution >= 4 is 0 Å². The molecule has 0 saturated carbocycles. The third kappa shape index (κ3) is 4.49. The summed E-state index contributed by atoms with van der Waals surface area (Å²) in [7, 11) is 0. The van der Waals surface area contributed by atoms with Crippen LogP contribution in [0, 0.1) is 6.08 Å². The molecule has 0 aromatic rings. The van der Waals surface area contributed by atoms with Crippen LogP contribution in [0.3, 0.4) is 0 Å². The summed E-state index contributed by atoms with van der Waals surface area (Å²) in [5, 5.41) is 0. The SMILES string of the molecule is [C-]1=C/C=C\CCCC1.[Co]. The van der Waals surface area contributed by atoms with Gasteiger partial charge < -0.3 is 0 Å². The second kappa shape index (κ2) is 6.11. The van der Waals surface area contributed by atoms with Crippen LogP contribution in [0.15, 0.2) is 18.2 Å². The zero-order valence-electron chi connectivity index (χ0n) is 5.39. The first kappa shape index (κ1) is 8.99. The Morgan fingerprint density at radius 3 is 3.00 bits per heavy atom. The van der Waals surface area contributed by atoms with Gasteiger partial charge in [-0.1, -0.05) is 19.3 Å². The molecule has 0 aromatic carbocycles. The van der Waals surface area contributed by atoms with E-state index in [1.54, 1.807) is 0 Å². The maximum absolute atomic E-state index is 3.18. The Morgan fingerprint density at radius 1 is 1.22 bits per heavy atom. The van der Waals surface area contributed by atoms with Crippen LogP contribution in [0.25, 0.3) is 0 Å². The van der Waals surface area contributed by atoms with Gasteiger partial charge in [-0.3, -0.25) is 6.08 Å². The summed E-state index contributed by atoms with van der Waals surface area (Å²) in [5.41, 5.74) is 0. The predicted octanol–water partition coefficient (Wildman–Crippen LogP) is 2.47. The Balaban J connectivity index is 0.000000640. The average molecular weight is 166 g/mol. The molecule has 0 aromatic heterocycles. The van der Waals surface area contributed by atoms with Crippen molar-refractivity contribution in [2.24, 2.45) is 0 Å². The Bertz CT molecular complexity index is 89.1. The molecule has 0 fully saturated rings. The normalized spacial score (nSPS) is 21.3. The van der Waals surface area contributed by atoms with E-state index in [2.05, 4.69) is 18.2 Å². The molecule has 0 aliphatic heterocycles. The molecule has 1 aliphatic carbocycles. The van der Waals surface area contributed by atoms with Crippen molar-refractivity contribution in [3.63, 3.8) is 0 Å². The third-order valence-electron chi connectivity index (χ3n) is 1.29. The summed E-state index contributed by atoms with van der Waals surface area (Å²) in [6, 6.07) is 0. The van der Waals surface area contributed by atoms with Gasteiger partial charge in [-0.05, 0) is 0 Å². The van der Waals surface area contributed by atoms with E-state index in [4.69, 9.17) is 0 Å². The van der Waals surface area contributed by atoms with Crippen molar-refractivity contribution in [3.8, 4) is 0 Å². The van der Waals surface area contributed by atoms with Crippen LogP contribution < -0.4 is 0 Å². The van der Waals surface area contributed by atoms with Crippen molar-refractivity contribution in [2.45, 2.75) is 25.7 Å². The van der Waals surface area contributed by atoms with Gasteiger partial charge in [0, 0.05) is 16.8 Å². The minimum absolute atomic E-state index is 0. The van der Waals surface area contributed by atoms with E-state index in [1.807, 2.05) is 6.08 Å². The van der Waals surface area contributed by atoms with E-state index < -0.39 is 0 Å². The van der Waals surface area contributed by atoms with Crippen molar-refractivity contribution in [1.29, 1.82) is 0 Å². The Kier molecular flexibility index (Phi) is 6.10. The van der Waals surface area contributed by atoms with Crippen molar-refractivity contribution < 1.29 is 16.8 Å². The molecular weight excluding hydrogens is 155 g/mol. The van der Waals surface area contributed by atoms with Crippen LogP contribution in [0.2, 0.25) is 0 Å². The van der Waals surface area contributed by atoms with E-state index in [1.165, 1.54) is 19.3 Å². The molecular formula is C8H11Co-. The van der Waals surface area contributed by atoms with Gasteiger partial charge in [0.05, 0.1) is 0 Å². The molecule has 0 heterocycles. The van der Waals surface area contributed by atoms with Crippen LogP contribution in [0.4, 0.5) is 0 Å². The fourth-order valence-corrected chi connectivity index (χ4v) is 0.805. The van der Waals surface area contributed by atoms with Crippen molar-refractivity contribution in [3.05, 3.63) is 24.3 Å². The van der Waals surface area contributed by atoms with Gasteiger partial charge >= 0.3 is 0 Å². The maximum atomic E-state index is 3.18. The smallest absolute Gasteiger partial charge is 0 e. The van der Waals surface area contributed by atoms with Gasteiger partial charge in [0.25, 0.3) is 0 Å². The quantitative estimate of drug-likeness (QED) is 0.485. The largest absolute Gasteiger partial charge is 0.275 e. The Morgan fingerprint density at radius 2 is 2.11 bits per heavy atom. The van der Waals surface area contributed by atoms with Crippen molar-refractivity contribution in [1.82, 2.24) is 0 Å². The molecule has 0 amide bonds. The second-order valence-electron chi connectivity index (χ2n) is 2.04. The fraction of sp³-hybridized carbons (Fsp3) is 0.500. The maximum Gasteiger partial charge on any atom is 0 e. The molecule has 53 valence electrons. The van der Waals surface area contributed by atoms with Gasteiger partial charge in [0.2, 0.25) is 0 Å². The minimum atomic E-state index is 0. The Hall–Kier alpha value is -0.0135. The third-order valence-corrected chi connectivity index (χ3v) is 1.29. The molecule has 1 aliphatic rings. The average Bonchev–Trinajstić information content (AvgIpc) is 1.62. The predicted molar refractivity (Wildman–Crippen MR) is 35.4 cm³/mol. The minimum Gasteiger partial charge on any atom is -0.275 e. The molecule has 9 heavy (non-hydrogen) atoms. The molecule has 0 nitrogen and oxygen atoms in total. The van der Waals surface area contributed by atoms with Gasteiger partial charge in [-0.25, -0.2) is 12.2 Å². The molecule has 0 bridgehead atoms. The number of rotatable bonds is 0. The van der Waals surface area contributed by atoms with Crippen LogP contribution >= 0.6 is 0 Å². The molecule has 0 atom stereocenters. The van der Waals surface area contributed by atoms with Gasteiger partial charge in [-0.15, -0.1) is 6.42 Å². The summed E-state index contributed by atoms with van der Waals surface area (Å²) in [4.78, 5) is 0. The van der Waals surface area contributed by atoms with Crippen LogP contribution in [-0.2, 0) is 16.8 Å². The molecule has 0 spiro atoms. The van der Waals surface area contributed by atoms with Crippen LogP contribution in [-0.4, -0.2) is 0 Å². The molecule has 0 saturated heterocycles. The van der Waals surface area contributed by atoms with E-state index in [9.17, 15) is 0 Å². The standard InChI is InChI=1S/C8H11.Co/c1-2-4-6-8-7-5-3-1;/h1-3H,4,6-8H2;/q-1;/b2-1-;. The summed E-state index contributed by atoms with van der Waals surface area (Å²) in [6.07, 6.45) is 14.5. The van der Waals surface area contributed by atoms with E-state index >= 15 is 0 Å². The summed E-state index contributed by atoms with van der Waals surface area (Å²) in [6.45, 7) is 0. The molecule has 1 heteroatoms. The van der Waals surface area contributed by atoms with Crippen LogP contribution in [0.5, 0.6) is 0 Å². The monoisotopic (exact) mass is 166 g/mol. The zero-order valence-corrected chi connectivity index (χ0v) is 6.43. The summed E-state index contributed by atoms with van der Waals surface area (Å²) < 4.78 is 0. The molecule has 1 rings (SSSR count). The first-order valence-corrected chi connectivity index (χ1v) is 3.22. The first-order chi connectivity index (χ1) is 4.00. The number of allylic oxidation sites excluding steroid dienone is 4. The van der Waals surface area contributed by atoms with E-state index in [0.717, 1.165) is 6.42 Å². The van der Waals surface area contributed by atoms with Crippen molar-refractivity contribution in [2.75, 3.05) is 0 Å². The fourth-order valence-electron chi connectivity index (χ4n) is 0.805. The van der Waals surface area contributed by atoms with E-state index in [-0.39, 0.29) is 16.8 Å². The summed E-state index contributed by atoms with van der Waals surface area (Å²) in [5.74, 6) is 0. The zero-order chi connectivity index (χ0) is 5.66. The topological polar surface area (TPSA) is 0 Å². The molecule has 0 N–H and O–H groups in total. The molecule has 1 radical (unpaired) electrons. The molecule has 0 unspecified atom stereocenters. The second-order valence-corrected chi connectivity index (χ2v) is 2.04.